The Bertz CT molecular complexity index is 264. The molecule has 1 saturated carbocycles. The van der Waals surface area contributed by atoms with Crippen LogP contribution >= 0.6 is 0 Å². The van der Waals surface area contributed by atoms with Gasteiger partial charge in [0.25, 0.3) is 0 Å². The van der Waals surface area contributed by atoms with Crippen molar-refractivity contribution < 1.29 is 0 Å². The van der Waals surface area contributed by atoms with Crippen molar-refractivity contribution in [1.29, 1.82) is 0 Å². The Balaban J connectivity index is 1.47. The first-order valence-corrected chi connectivity index (χ1v) is 8.23. The molecule has 104 valence electrons. The van der Waals surface area contributed by atoms with E-state index in [1.165, 1.54) is 57.9 Å². The molecule has 2 heterocycles. The first-order valence-electron chi connectivity index (χ1n) is 8.23. The normalized spacial score (nSPS) is 44.7. The molecule has 0 aromatic carbocycles. The van der Waals surface area contributed by atoms with Gasteiger partial charge in [-0.15, -0.1) is 0 Å². The largest absolute Gasteiger partial charge is 0.313 e. The number of hydrogen-bond acceptors (Lipinski definition) is 2. The van der Waals surface area contributed by atoms with Crippen LogP contribution < -0.4 is 5.32 Å². The standard InChI is InChI=1S/C16H30N2/c1-3-13-5-4-6-16(13)17-11-12-9-14-7-8-15(10-12)18(14)2/h12-17H,3-11H2,1-2H3. The van der Waals surface area contributed by atoms with Crippen LogP contribution in [0.25, 0.3) is 0 Å². The fourth-order valence-electron chi connectivity index (χ4n) is 4.80. The summed E-state index contributed by atoms with van der Waals surface area (Å²) >= 11 is 0. The maximum absolute atomic E-state index is 3.92. The van der Waals surface area contributed by atoms with Crippen LogP contribution in [0, 0.1) is 11.8 Å². The van der Waals surface area contributed by atoms with Crippen molar-refractivity contribution >= 4 is 0 Å². The Kier molecular flexibility index (Phi) is 3.95. The van der Waals surface area contributed by atoms with E-state index >= 15 is 0 Å². The van der Waals surface area contributed by atoms with Crippen LogP contribution in [0.5, 0.6) is 0 Å². The minimum atomic E-state index is 0.840. The Morgan fingerprint density at radius 1 is 1.06 bits per heavy atom. The van der Waals surface area contributed by atoms with Crippen molar-refractivity contribution in [3.8, 4) is 0 Å². The lowest BCUT2D eigenvalue weighted by atomic mass is 9.90. The van der Waals surface area contributed by atoms with E-state index < -0.39 is 0 Å². The zero-order valence-electron chi connectivity index (χ0n) is 12.2. The highest BCUT2D eigenvalue weighted by Gasteiger charge is 2.38. The van der Waals surface area contributed by atoms with Crippen molar-refractivity contribution in [2.24, 2.45) is 11.8 Å². The predicted octanol–water partition coefficient (Wildman–Crippen LogP) is 3.03. The third-order valence-electron chi connectivity index (χ3n) is 6.05. The molecule has 1 aliphatic carbocycles. The Morgan fingerprint density at radius 3 is 2.44 bits per heavy atom. The first-order chi connectivity index (χ1) is 8.78. The summed E-state index contributed by atoms with van der Waals surface area (Å²) in [6, 6.07) is 2.65. The summed E-state index contributed by atoms with van der Waals surface area (Å²) in [6.45, 7) is 3.66. The van der Waals surface area contributed by atoms with E-state index in [1.54, 1.807) is 0 Å². The maximum Gasteiger partial charge on any atom is 0.00988 e. The quantitative estimate of drug-likeness (QED) is 0.825. The van der Waals surface area contributed by atoms with Crippen molar-refractivity contribution in [3.63, 3.8) is 0 Å². The molecule has 0 aromatic rings. The van der Waals surface area contributed by atoms with E-state index in [0.29, 0.717) is 0 Å². The lowest BCUT2D eigenvalue weighted by molar-refractivity contribution is 0.130. The molecule has 2 saturated heterocycles. The summed E-state index contributed by atoms with van der Waals surface area (Å²) in [7, 11) is 2.34. The molecule has 18 heavy (non-hydrogen) atoms. The molecule has 4 atom stereocenters. The molecule has 3 fully saturated rings. The van der Waals surface area contributed by atoms with Gasteiger partial charge in [0, 0.05) is 18.1 Å². The lowest BCUT2D eigenvalue weighted by Gasteiger charge is -2.37. The van der Waals surface area contributed by atoms with Crippen molar-refractivity contribution in [2.45, 2.75) is 76.4 Å². The second kappa shape index (κ2) is 5.50. The number of fused-ring (bicyclic) bond motifs is 2. The summed E-state index contributed by atoms with van der Waals surface area (Å²) < 4.78 is 0. The van der Waals surface area contributed by atoms with Crippen LogP contribution in [-0.4, -0.2) is 36.6 Å². The maximum atomic E-state index is 3.92. The smallest absolute Gasteiger partial charge is 0.00988 e. The molecular weight excluding hydrogens is 220 g/mol. The number of hydrogen-bond donors (Lipinski definition) is 1. The fourth-order valence-corrected chi connectivity index (χ4v) is 4.80. The molecule has 0 amide bonds. The van der Waals surface area contributed by atoms with Gasteiger partial charge >= 0.3 is 0 Å². The van der Waals surface area contributed by atoms with Crippen molar-refractivity contribution in [1.82, 2.24) is 10.2 Å². The minimum absolute atomic E-state index is 0.840. The SMILES string of the molecule is CCC1CCCC1NCC1CC2CCC(C1)N2C. The van der Waals surface area contributed by atoms with Gasteiger partial charge in [-0.05, 0) is 64.0 Å². The van der Waals surface area contributed by atoms with Gasteiger partial charge in [0.2, 0.25) is 0 Å². The molecule has 1 N–H and O–H groups in total. The average Bonchev–Trinajstić information content (AvgIpc) is 2.89. The van der Waals surface area contributed by atoms with Gasteiger partial charge in [-0.1, -0.05) is 19.8 Å². The van der Waals surface area contributed by atoms with Crippen molar-refractivity contribution in [2.75, 3.05) is 13.6 Å². The van der Waals surface area contributed by atoms with Gasteiger partial charge in [0.15, 0.2) is 0 Å². The molecule has 0 aromatic heterocycles. The molecule has 0 spiro atoms. The third-order valence-corrected chi connectivity index (χ3v) is 6.05. The van der Waals surface area contributed by atoms with Crippen LogP contribution in [0.4, 0.5) is 0 Å². The highest BCUT2D eigenvalue weighted by molar-refractivity contribution is 4.94. The summed E-state index contributed by atoms with van der Waals surface area (Å²) in [5, 5.41) is 3.92. The van der Waals surface area contributed by atoms with Crippen molar-refractivity contribution in [3.05, 3.63) is 0 Å². The lowest BCUT2D eigenvalue weighted by Crippen LogP contribution is -2.44. The Hall–Kier alpha value is -0.0800. The molecule has 4 unspecified atom stereocenters. The highest BCUT2D eigenvalue weighted by Crippen LogP contribution is 2.37. The van der Waals surface area contributed by atoms with E-state index in [9.17, 15) is 0 Å². The summed E-state index contributed by atoms with van der Waals surface area (Å²) in [5.74, 6) is 1.92. The molecule has 3 rings (SSSR count). The second-order valence-corrected chi connectivity index (χ2v) is 7.00. The molecule has 2 bridgehead atoms. The number of nitrogens with zero attached hydrogens (tertiary/aromatic N) is 1. The summed E-state index contributed by atoms with van der Waals surface area (Å²) in [6.07, 6.45) is 11.5. The average molecular weight is 250 g/mol. The van der Waals surface area contributed by atoms with Crippen LogP contribution in [0.15, 0.2) is 0 Å². The molecule has 2 aliphatic heterocycles. The van der Waals surface area contributed by atoms with Gasteiger partial charge in [0.05, 0.1) is 0 Å². The second-order valence-electron chi connectivity index (χ2n) is 7.00. The summed E-state index contributed by atoms with van der Waals surface area (Å²) in [5.41, 5.74) is 0. The molecule has 2 heteroatoms. The zero-order valence-corrected chi connectivity index (χ0v) is 12.2. The number of nitrogens with one attached hydrogen (secondary N) is 1. The van der Waals surface area contributed by atoms with Crippen LogP contribution in [0.2, 0.25) is 0 Å². The van der Waals surface area contributed by atoms with Gasteiger partial charge < -0.3 is 10.2 Å². The third kappa shape index (κ3) is 2.46. The van der Waals surface area contributed by atoms with E-state index in [0.717, 1.165) is 30.0 Å². The van der Waals surface area contributed by atoms with E-state index in [-0.39, 0.29) is 0 Å². The number of piperidine rings is 1. The van der Waals surface area contributed by atoms with Gasteiger partial charge in [-0.25, -0.2) is 0 Å². The molecule has 3 aliphatic rings. The topological polar surface area (TPSA) is 15.3 Å². The molecule has 0 radical (unpaired) electrons. The van der Waals surface area contributed by atoms with Gasteiger partial charge in [0.1, 0.15) is 0 Å². The zero-order chi connectivity index (χ0) is 12.5. The van der Waals surface area contributed by atoms with E-state index in [1.807, 2.05) is 0 Å². The Labute approximate surface area is 113 Å². The Morgan fingerprint density at radius 2 is 1.78 bits per heavy atom. The monoisotopic (exact) mass is 250 g/mol. The highest BCUT2D eigenvalue weighted by atomic mass is 15.2. The minimum Gasteiger partial charge on any atom is -0.313 e. The fraction of sp³-hybridized carbons (Fsp3) is 1.00. The van der Waals surface area contributed by atoms with Crippen LogP contribution in [0.1, 0.15) is 58.3 Å². The van der Waals surface area contributed by atoms with Crippen LogP contribution in [0.3, 0.4) is 0 Å². The molecule has 2 nitrogen and oxygen atoms in total. The van der Waals surface area contributed by atoms with Gasteiger partial charge in [-0.3, -0.25) is 0 Å². The summed E-state index contributed by atoms with van der Waals surface area (Å²) in [4.78, 5) is 2.65. The predicted molar refractivity (Wildman–Crippen MR) is 76.7 cm³/mol. The van der Waals surface area contributed by atoms with E-state index in [4.69, 9.17) is 0 Å². The van der Waals surface area contributed by atoms with Gasteiger partial charge in [-0.2, -0.15) is 0 Å². The van der Waals surface area contributed by atoms with Crippen LogP contribution in [-0.2, 0) is 0 Å². The first kappa shape index (κ1) is 12.9. The molecular formula is C16H30N2. The van der Waals surface area contributed by atoms with E-state index in [2.05, 4.69) is 24.2 Å². The number of rotatable bonds is 4.